The summed E-state index contributed by atoms with van der Waals surface area (Å²) in [5, 5.41) is 3.28. The molecule has 1 amide bonds. The van der Waals surface area contributed by atoms with Crippen LogP contribution in [-0.4, -0.2) is 19.2 Å². The number of hydrogen-bond acceptors (Lipinski definition) is 3. The highest BCUT2D eigenvalue weighted by atomic mass is 16.5. The molecule has 4 heteroatoms. The van der Waals surface area contributed by atoms with Gasteiger partial charge in [0.05, 0.1) is 0 Å². The Labute approximate surface area is 115 Å². The Kier molecular flexibility index (Phi) is 6.36. The van der Waals surface area contributed by atoms with E-state index in [1.165, 1.54) is 11.1 Å². The molecule has 4 nitrogen and oxygen atoms in total. The number of nitrogens with two attached hydrogens (primary N) is 1. The minimum absolute atomic E-state index is 0.226. The lowest BCUT2D eigenvalue weighted by molar-refractivity contribution is 0.156. The predicted octanol–water partition coefficient (Wildman–Crippen LogP) is 2.63. The zero-order valence-corrected chi connectivity index (χ0v) is 12.0. The van der Waals surface area contributed by atoms with Crippen molar-refractivity contribution in [2.75, 3.05) is 13.2 Å². The van der Waals surface area contributed by atoms with Gasteiger partial charge in [-0.25, -0.2) is 4.79 Å². The number of ether oxygens (including phenoxy) is 1. The average Bonchev–Trinajstić information content (AvgIpc) is 2.34. The molecule has 0 aliphatic heterocycles. The van der Waals surface area contributed by atoms with Crippen molar-refractivity contribution in [2.24, 2.45) is 11.7 Å². The minimum atomic E-state index is -0.729. The summed E-state index contributed by atoms with van der Waals surface area (Å²) in [6, 6.07) is 8.86. The second-order valence-corrected chi connectivity index (χ2v) is 5.18. The van der Waals surface area contributed by atoms with Gasteiger partial charge in [-0.15, -0.1) is 0 Å². The fourth-order valence-electron chi connectivity index (χ4n) is 1.96. The molecule has 1 rings (SSSR count). The lowest BCUT2D eigenvalue weighted by Gasteiger charge is -2.15. The maximum Gasteiger partial charge on any atom is 0.404 e. The van der Waals surface area contributed by atoms with Crippen LogP contribution in [-0.2, 0) is 11.2 Å². The third kappa shape index (κ3) is 6.25. The van der Waals surface area contributed by atoms with Crippen molar-refractivity contribution in [3.63, 3.8) is 0 Å². The molecule has 0 aliphatic carbocycles. The highest BCUT2D eigenvalue weighted by molar-refractivity contribution is 5.64. The van der Waals surface area contributed by atoms with Crippen molar-refractivity contribution in [3.8, 4) is 0 Å². The van der Waals surface area contributed by atoms with Crippen molar-refractivity contribution in [3.05, 3.63) is 35.4 Å². The second kappa shape index (κ2) is 7.79. The fraction of sp³-hybridized carbons (Fsp3) is 0.533. The number of amides is 1. The van der Waals surface area contributed by atoms with Crippen LogP contribution in [0.3, 0.4) is 0 Å². The van der Waals surface area contributed by atoms with Gasteiger partial charge in [0.2, 0.25) is 0 Å². The Bertz CT molecular complexity index is 388. The molecule has 0 spiro atoms. The van der Waals surface area contributed by atoms with Crippen LogP contribution < -0.4 is 11.1 Å². The number of nitrogens with one attached hydrogen (secondary N) is 1. The van der Waals surface area contributed by atoms with Crippen LogP contribution in [0.5, 0.6) is 0 Å². The minimum Gasteiger partial charge on any atom is -0.448 e. The quantitative estimate of drug-likeness (QED) is 0.744. The van der Waals surface area contributed by atoms with E-state index in [0.717, 1.165) is 6.42 Å². The van der Waals surface area contributed by atoms with Gasteiger partial charge in [-0.05, 0) is 30.4 Å². The molecule has 19 heavy (non-hydrogen) atoms. The molecule has 0 heterocycles. The molecule has 1 aromatic rings. The molecule has 0 saturated carbocycles. The molecule has 0 saturated heterocycles. The molecule has 3 N–H and O–H groups in total. The fourth-order valence-corrected chi connectivity index (χ4v) is 1.96. The van der Waals surface area contributed by atoms with Crippen LogP contribution in [0.25, 0.3) is 0 Å². The molecule has 1 unspecified atom stereocenters. The van der Waals surface area contributed by atoms with Crippen LogP contribution in [0, 0.1) is 5.92 Å². The van der Waals surface area contributed by atoms with Gasteiger partial charge in [0, 0.05) is 12.6 Å². The maximum absolute atomic E-state index is 10.4. The van der Waals surface area contributed by atoms with Crippen LogP contribution in [0.2, 0.25) is 0 Å². The predicted molar refractivity (Wildman–Crippen MR) is 76.9 cm³/mol. The van der Waals surface area contributed by atoms with E-state index in [-0.39, 0.29) is 6.04 Å². The van der Waals surface area contributed by atoms with Crippen molar-refractivity contribution in [1.29, 1.82) is 0 Å². The Balaban J connectivity index is 2.39. The summed E-state index contributed by atoms with van der Waals surface area (Å²) in [7, 11) is 0. The van der Waals surface area contributed by atoms with Crippen LogP contribution in [0.4, 0.5) is 4.79 Å². The Morgan fingerprint density at radius 2 is 1.89 bits per heavy atom. The van der Waals surface area contributed by atoms with E-state index in [1.807, 2.05) is 0 Å². The van der Waals surface area contributed by atoms with E-state index >= 15 is 0 Å². The molecule has 1 aromatic carbocycles. The SMILES string of the molecule is CC(C)Cc1ccc(C(C)NCCOC(N)=O)cc1. The van der Waals surface area contributed by atoms with E-state index in [2.05, 4.69) is 55.1 Å². The molecule has 0 radical (unpaired) electrons. The standard InChI is InChI=1S/C15H24N2O2/c1-11(2)10-13-4-6-14(7-5-13)12(3)17-8-9-19-15(16)18/h4-7,11-12,17H,8-10H2,1-3H3,(H2,16,18). The van der Waals surface area contributed by atoms with Gasteiger partial charge in [-0.3, -0.25) is 0 Å². The van der Waals surface area contributed by atoms with Crippen LogP contribution in [0.15, 0.2) is 24.3 Å². The monoisotopic (exact) mass is 264 g/mol. The summed E-state index contributed by atoms with van der Waals surface area (Å²) in [6.07, 6.45) is 0.377. The summed E-state index contributed by atoms with van der Waals surface area (Å²) in [4.78, 5) is 10.4. The van der Waals surface area contributed by atoms with Crippen molar-refractivity contribution >= 4 is 6.09 Å². The van der Waals surface area contributed by atoms with E-state index in [1.54, 1.807) is 0 Å². The molecule has 106 valence electrons. The van der Waals surface area contributed by atoms with E-state index < -0.39 is 6.09 Å². The molecule has 1 atom stereocenters. The van der Waals surface area contributed by atoms with Gasteiger partial charge in [-0.2, -0.15) is 0 Å². The molecule has 0 bridgehead atoms. The molecular weight excluding hydrogens is 240 g/mol. The number of carbonyl (C=O) groups is 1. The normalized spacial score (nSPS) is 12.4. The van der Waals surface area contributed by atoms with Gasteiger partial charge in [0.25, 0.3) is 0 Å². The smallest absolute Gasteiger partial charge is 0.404 e. The van der Waals surface area contributed by atoms with Gasteiger partial charge < -0.3 is 15.8 Å². The topological polar surface area (TPSA) is 64.3 Å². The van der Waals surface area contributed by atoms with Crippen molar-refractivity contribution < 1.29 is 9.53 Å². The number of benzene rings is 1. The Hall–Kier alpha value is -1.55. The van der Waals surface area contributed by atoms with Crippen molar-refractivity contribution in [2.45, 2.75) is 33.2 Å². The highest BCUT2D eigenvalue weighted by Crippen LogP contribution is 2.15. The second-order valence-electron chi connectivity index (χ2n) is 5.18. The van der Waals surface area contributed by atoms with Gasteiger partial charge in [-0.1, -0.05) is 38.1 Å². The summed E-state index contributed by atoms with van der Waals surface area (Å²) < 4.78 is 4.67. The Morgan fingerprint density at radius 1 is 1.26 bits per heavy atom. The first-order chi connectivity index (χ1) is 8.99. The summed E-state index contributed by atoms with van der Waals surface area (Å²) in [5.74, 6) is 0.673. The molecule has 0 aromatic heterocycles. The molecular formula is C15H24N2O2. The van der Waals surface area contributed by atoms with Crippen LogP contribution >= 0.6 is 0 Å². The number of carbonyl (C=O) groups excluding carboxylic acids is 1. The Morgan fingerprint density at radius 3 is 2.42 bits per heavy atom. The number of rotatable bonds is 7. The first kappa shape index (κ1) is 15.5. The first-order valence-corrected chi connectivity index (χ1v) is 6.73. The third-order valence-electron chi connectivity index (χ3n) is 2.92. The third-order valence-corrected chi connectivity index (χ3v) is 2.92. The van der Waals surface area contributed by atoms with Gasteiger partial charge in [0.15, 0.2) is 0 Å². The van der Waals surface area contributed by atoms with E-state index in [4.69, 9.17) is 5.73 Å². The highest BCUT2D eigenvalue weighted by Gasteiger charge is 2.05. The molecule has 0 fully saturated rings. The maximum atomic E-state index is 10.4. The van der Waals surface area contributed by atoms with Crippen LogP contribution in [0.1, 0.15) is 37.9 Å². The zero-order chi connectivity index (χ0) is 14.3. The summed E-state index contributed by atoms with van der Waals surface area (Å²) >= 11 is 0. The van der Waals surface area contributed by atoms with Gasteiger partial charge >= 0.3 is 6.09 Å². The lowest BCUT2D eigenvalue weighted by Crippen LogP contribution is -2.25. The van der Waals surface area contributed by atoms with Crippen molar-refractivity contribution in [1.82, 2.24) is 5.32 Å². The zero-order valence-electron chi connectivity index (χ0n) is 12.0. The van der Waals surface area contributed by atoms with E-state index in [0.29, 0.717) is 19.1 Å². The van der Waals surface area contributed by atoms with Gasteiger partial charge in [0.1, 0.15) is 6.61 Å². The first-order valence-electron chi connectivity index (χ1n) is 6.73. The largest absolute Gasteiger partial charge is 0.448 e. The summed E-state index contributed by atoms with van der Waals surface area (Å²) in [6.45, 7) is 7.42. The molecule has 0 aliphatic rings. The summed E-state index contributed by atoms with van der Waals surface area (Å²) in [5.41, 5.74) is 7.48. The number of primary amides is 1. The lowest BCUT2D eigenvalue weighted by atomic mass is 10.00. The van der Waals surface area contributed by atoms with E-state index in [9.17, 15) is 4.79 Å². The number of hydrogen-bond donors (Lipinski definition) is 2. The average molecular weight is 264 g/mol.